The summed E-state index contributed by atoms with van der Waals surface area (Å²) >= 11 is 0. The molecule has 3 aromatic rings. The van der Waals surface area contributed by atoms with Gasteiger partial charge in [0.15, 0.2) is 0 Å². The standard InChI is InChI=1S/C18H20N3O5P/c1-24-21-17(11-13-12-20-16-10-6-5-9-15(13)16)18(22)26-27(19,23)25-14-7-3-2-4-8-14/h2-10,12,17,20-21H,11H2,1H3,(H2,19,23)/t17-,27?/m0/s1. The van der Waals surface area contributed by atoms with E-state index < -0.39 is 19.8 Å². The number of nitrogens with two attached hydrogens (primary N) is 1. The number of H-pyrrole nitrogens is 1. The molecule has 27 heavy (non-hydrogen) atoms. The number of benzene rings is 2. The van der Waals surface area contributed by atoms with Gasteiger partial charge in [-0.2, -0.15) is 5.48 Å². The molecule has 8 nitrogen and oxygen atoms in total. The van der Waals surface area contributed by atoms with Crippen molar-refractivity contribution in [2.75, 3.05) is 7.11 Å². The number of para-hydroxylation sites is 2. The summed E-state index contributed by atoms with van der Waals surface area (Å²) < 4.78 is 22.4. The highest BCUT2D eigenvalue weighted by atomic mass is 31.2. The maximum absolute atomic E-state index is 12.5. The third kappa shape index (κ3) is 4.96. The molecule has 0 saturated heterocycles. The summed E-state index contributed by atoms with van der Waals surface area (Å²) in [5, 5.41) is 0.963. The second-order valence-corrected chi connectivity index (χ2v) is 7.24. The Balaban J connectivity index is 1.72. The number of hydrogen-bond acceptors (Lipinski definition) is 6. The zero-order valence-electron chi connectivity index (χ0n) is 14.6. The lowest BCUT2D eigenvalue weighted by molar-refractivity contribution is -0.140. The van der Waals surface area contributed by atoms with Crippen molar-refractivity contribution in [1.82, 2.24) is 10.5 Å². The number of hydroxylamine groups is 1. The summed E-state index contributed by atoms with van der Waals surface area (Å²) in [4.78, 5) is 20.5. The van der Waals surface area contributed by atoms with Gasteiger partial charge in [0.2, 0.25) is 0 Å². The van der Waals surface area contributed by atoms with E-state index in [1.165, 1.54) is 7.11 Å². The molecule has 0 fully saturated rings. The zero-order chi connectivity index (χ0) is 19.3. The molecule has 1 unspecified atom stereocenters. The van der Waals surface area contributed by atoms with Gasteiger partial charge in [-0.05, 0) is 23.8 Å². The molecule has 4 N–H and O–H groups in total. The van der Waals surface area contributed by atoms with E-state index in [-0.39, 0.29) is 12.2 Å². The number of hydrogen-bond donors (Lipinski definition) is 3. The van der Waals surface area contributed by atoms with Crippen molar-refractivity contribution in [2.45, 2.75) is 12.5 Å². The minimum absolute atomic E-state index is 0.238. The SMILES string of the molecule is CON[C@@H](Cc1c[nH]c2ccccc12)C(=O)OP(N)(=O)Oc1ccccc1. The molecular weight excluding hydrogens is 369 g/mol. The monoisotopic (exact) mass is 389 g/mol. The Labute approximate surface area is 156 Å². The van der Waals surface area contributed by atoms with Crippen LogP contribution in [-0.4, -0.2) is 24.1 Å². The Morgan fingerprint density at radius 2 is 1.89 bits per heavy atom. The number of fused-ring (bicyclic) bond motifs is 1. The summed E-state index contributed by atoms with van der Waals surface area (Å²) in [6.45, 7) is 0. The van der Waals surface area contributed by atoms with E-state index in [0.717, 1.165) is 16.5 Å². The van der Waals surface area contributed by atoms with Crippen molar-refractivity contribution < 1.29 is 23.2 Å². The van der Waals surface area contributed by atoms with Crippen LogP contribution in [0.1, 0.15) is 5.56 Å². The van der Waals surface area contributed by atoms with Crippen LogP contribution in [-0.2, 0) is 25.1 Å². The van der Waals surface area contributed by atoms with Gasteiger partial charge in [-0.25, -0.2) is 14.9 Å². The molecule has 0 amide bonds. The van der Waals surface area contributed by atoms with Gasteiger partial charge in [-0.15, -0.1) is 0 Å². The molecular formula is C18H20N3O5P. The maximum Gasteiger partial charge on any atom is 0.512 e. The Morgan fingerprint density at radius 3 is 2.63 bits per heavy atom. The third-order valence-electron chi connectivity index (χ3n) is 3.84. The Bertz CT molecular complexity index is 960. The van der Waals surface area contributed by atoms with Crippen LogP contribution in [0.2, 0.25) is 0 Å². The highest BCUT2D eigenvalue weighted by Crippen LogP contribution is 2.40. The second-order valence-electron chi connectivity index (χ2n) is 5.79. The highest BCUT2D eigenvalue weighted by Gasteiger charge is 2.31. The normalized spacial score (nSPS) is 14.4. The molecule has 1 heterocycles. The Morgan fingerprint density at radius 1 is 1.19 bits per heavy atom. The first-order valence-corrected chi connectivity index (χ1v) is 9.80. The predicted octanol–water partition coefficient (Wildman–Crippen LogP) is 2.92. The number of rotatable bonds is 8. The van der Waals surface area contributed by atoms with Gasteiger partial charge in [0, 0.05) is 23.5 Å². The number of carbonyl (C=O) groups excluding carboxylic acids is 1. The third-order valence-corrected chi connectivity index (χ3v) is 4.74. The van der Waals surface area contributed by atoms with Crippen LogP contribution in [0.25, 0.3) is 10.9 Å². The van der Waals surface area contributed by atoms with Crippen molar-refractivity contribution in [3.63, 3.8) is 0 Å². The van der Waals surface area contributed by atoms with E-state index in [2.05, 4.69) is 10.5 Å². The largest absolute Gasteiger partial charge is 0.512 e. The van der Waals surface area contributed by atoms with Gasteiger partial charge in [-0.3, -0.25) is 0 Å². The molecule has 0 radical (unpaired) electrons. The van der Waals surface area contributed by atoms with Crippen molar-refractivity contribution in [3.8, 4) is 5.75 Å². The van der Waals surface area contributed by atoms with E-state index in [9.17, 15) is 9.36 Å². The summed E-state index contributed by atoms with van der Waals surface area (Å²) in [5.74, 6) is -0.604. The molecule has 2 aromatic carbocycles. The summed E-state index contributed by atoms with van der Waals surface area (Å²) in [6.07, 6.45) is 2.03. The average Bonchev–Trinajstić information content (AvgIpc) is 3.04. The molecule has 1 aromatic heterocycles. The van der Waals surface area contributed by atoms with Gasteiger partial charge in [-0.1, -0.05) is 36.4 Å². The first-order valence-electron chi connectivity index (χ1n) is 8.19. The Kier molecular flexibility index (Phi) is 5.93. The van der Waals surface area contributed by atoms with Crippen molar-refractivity contribution in [2.24, 2.45) is 5.50 Å². The topological polar surface area (TPSA) is 116 Å². The summed E-state index contributed by atoms with van der Waals surface area (Å²) in [5.41, 5.74) is 9.92. The molecule has 0 aliphatic rings. The molecule has 3 rings (SSSR count). The number of nitrogens with one attached hydrogen (secondary N) is 2. The minimum Gasteiger partial charge on any atom is -0.405 e. The first kappa shape index (κ1) is 19.1. The zero-order valence-corrected chi connectivity index (χ0v) is 15.5. The minimum atomic E-state index is -4.14. The van der Waals surface area contributed by atoms with E-state index in [1.54, 1.807) is 36.5 Å². The van der Waals surface area contributed by atoms with E-state index in [1.807, 2.05) is 24.3 Å². The molecule has 0 aliphatic carbocycles. The Hall–Kier alpha value is -2.64. The van der Waals surface area contributed by atoms with Crippen LogP contribution in [0.3, 0.4) is 0 Å². The van der Waals surface area contributed by atoms with Gasteiger partial charge < -0.3 is 18.9 Å². The molecule has 0 saturated carbocycles. The molecule has 0 bridgehead atoms. The fourth-order valence-electron chi connectivity index (χ4n) is 2.67. The van der Waals surface area contributed by atoms with Crippen molar-refractivity contribution in [3.05, 3.63) is 66.4 Å². The first-order chi connectivity index (χ1) is 13.0. The van der Waals surface area contributed by atoms with Crippen LogP contribution >= 0.6 is 7.75 Å². The van der Waals surface area contributed by atoms with Crippen molar-refractivity contribution >= 4 is 24.6 Å². The smallest absolute Gasteiger partial charge is 0.405 e. The van der Waals surface area contributed by atoms with E-state index in [0.29, 0.717) is 0 Å². The van der Waals surface area contributed by atoms with Crippen LogP contribution in [0.15, 0.2) is 60.8 Å². The van der Waals surface area contributed by atoms with Crippen LogP contribution in [0, 0.1) is 0 Å². The van der Waals surface area contributed by atoms with Gasteiger partial charge in [0.05, 0.1) is 7.11 Å². The number of aromatic nitrogens is 1. The number of aromatic amines is 1. The fraction of sp³-hybridized carbons (Fsp3) is 0.167. The highest BCUT2D eigenvalue weighted by molar-refractivity contribution is 7.52. The van der Waals surface area contributed by atoms with Gasteiger partial charge >= 0.3 is 13.7 Å². The second kappa shape index (κ2) is 8.37. The summed E-state index contributed by atoms with van der Waals surface area (Å²) in [7, 11) is -2.77. The van der Waals surface area contributed by atoms with Gasteiger partial charge in [0.1, 0.15) is 11.8 Å². The predicted molar refractivity (Wildman–Crippen MR) is 101 cm³/mol. The number of carbonyl (C=O) groups is 1. The fourth-order valence-corrected chi connectivity index (χ4v) is 3.50. The summed E-state index contributed by atoms with van der Waals surface area (Å²) in [6, 6.07) is 15.0. The van der Waals surface area contributed by atoms with Crippen LogP contribution in [0.5, 0.6) is 5.75 Å². The molecule has 2 atom stereocenters. The van der Waals surface area contributed by atoms with E-state index in [4.69, 9.17) is 19.4 Å². The average molecular weight is 389 g/mol. The lowest BCUT2D eigenvalue weighted by Gasteiger charge is -2.19. The molecule has 142 valence electrons. The van der Waals surface area contributed by atoms with Crippen LogP contribution < -0.4 is 15.5 Å². The van der Waals surface area contributed by atoms with Crippen LogP contribution in [0.4, 0.5) is 0 Å². The molecule has 9 heteroatoms. The van der Waals surface area contributed by atoms with E-state index >= 15 is 0 Å². The van der Waals surface area contributed by atoms with Crippen molar-refractivity contribution in [1.29, 1.82) is 0 Å². The lowest BCUT2D eigenvalue weighted by atomic mass is 10.1. The molecule has 0 aliphatic heterocycles. The maximum atomic E-state index is 12.5. The molecule has 0 spiro atoms. The van der Waals surface area contributed by atoms with Gasteiger partial charge in [0.25, 0.3) is 0 Å². The lowest BCUT2D eigenvalue weighted by Crippen LogP contribution is -2.39. The quantitative estimate of drug-likeness (QED) is 0.401.